The first kappa shape index (κ1) is 15.6. The average molecular weight is 332 g/mol. The Kier molecular flexibility index (Phi) is 4.31. The van der Waals surface area contributed by atoms with Crippen LogP contribution in [0.3, 0.4) is 0 Å². The van der Waals surface area contributed by atoms with Gasteiger partial charge in [0.05, 0.1) is 16.7 Å². The smallest absolute Gasteiger partial charge is 0.138 e. The van der Waals surface area contributed by atoms with E-state index in [1.54, 1.807) is 6.26 Å². The fraction of sp³-hybridized carbons (Fsp3) is 0.200. The minimum atomic E-state index is 0.762. The molecule has 5 nitrogen and oxygen atoms in total. The van der Waals surface area contributed by atoms with Crippen LogP contribution in [0.15, 0.2) is 59.3 Å². The van der Waals surface area contributed by atoms with Crippen molar-refractivity contribution in [2.45, 2.75) is 26.4 Å². The summed E-state index contributed by atoms with van der Waals surface area (Å²) in [4.78, 5) is 8.00. The largest absolute Gasteiger partial charge is 0.364 e. The molecule has 0 fully saturated rings. The number of imidazole rings is 1. The van der Waals surface area contributed by atoms with Crippen molar-refractivity contribution in [2.24, 2.45) is 0 Å². The molecule has 0 aliphatic heterocycles. The molecule has 0 aliphatic carbocycles. The third-order valence-electron chi connectivity index (χ3n) is 4.32. The van der Waals surface area contributed by atoms with Crippen LogP contribution >= 0.6 is 0 Å². The first-order valence-electron chi connectivity index (χ1n) is 8.50. The highest BCUT2D eigenvalue weighted by atomic mass is 16.5. The highest BCUT2D eigenvalue weighted by Gasteiger charge is 2.06. The number of aryl methyl sites for hydroxylation is 1. The number of hydrogen-bond acceptors (Lipinski definition) is 4. The van der Waals surface area contributed by atoms with Crippen LogP contribution in [0, 0.1) is 0 Å². The summed E-state index contributed by atoms with van der Waals surface area (Å²) < 4.78 is 5.03. The second-order valence-corrected chi connectivity index (χ2v) is 6.04. The van der Waals surface area contributed by atoms with Gasteiger partial charge in [-0.2, -0.15) is 0 Å². The highest BCUT2D eigenvalue weighted by molar-refractivity contribution is 5.79. The molecule has 0 saturated carbocycles. The third kappa shape index (κ3) is 3.32. The summed E-state index contributed by atoms with van der Waals surface area (Å²) in [5.41, 5.74) is 6.52. The van der Waals surface area contributed by atoms with Crippen LogP contribution in [-0.2, 0) is 19.5 Å². The number of H-pyrrole nitrogens is 1. The maximum atomic E-state index is 5.03. The standard InChI is InChI=1S/C20H20N4O/c1-2-17-16(13-25-24-17)12-21-11-14-7-9-15(10-8-14)20-22-18-5-3-4-6-19(18)23-20/h3-10,13,21H,2,11-12H2,1H3,(H,22,23). The zero-order valence-electron chi connectivity index (χ0n) is 14.1. The summed E-state index contributed by atoms with van der Waals surface area (Å²) in [6, 6.07) is 16.5. The highest BCUT2D eigenvalue weighted by Crippen LogP contribution is 2.20. The van der Waals surface area contributed by atoms with E-state index in [-0.39, 0.29) is 0 Å². The average Bonchev–Trinajstić information content (AvgIpc) is 3.28. The van der Waals surface area contributed by atoms with Crippen LogP contribution in [0.2, 0.25) is 0 Å². The lowest BCUT2D eigenvalue weighted by molar-refractivity contribution is 0.411. The van der Waals surface area contributed by atoms with Crippen molar-refractivity contribution in [1.29, 1.82) is 0 Å². The Morgan fingerprint density at radius 2 is 1.88 bits per heavy atom. The summed E-state index contributed by atoms with van der Waals surface area (Å²) in [5, 5.41) is 7.43. The molecule has 0 amide bonds. The Labute approximate surface area is 146 Å². The van der Waals surface area contributed by atoms with Crippen molar-refractivity contribution in [3.05, 3.63) is 71.6 Å². The van der Waals surface area contributed by atoms with Crippen LogP contribution in [0.4, 0.5) is 0 Å². The number of nitrogens with zero attached hydrogens (tertiary/aromatic N) is 2. The number of benzene rings is 2. The molecule has 25 heavy (non-hydrogen) atoms. The lowest BCUT2D eigenvalue weighted by Crippen LogP contribution is -2.13. The van der Waals surface area contributed by atoms with Gasteiger partial charge in [0.2, 0.25) is 0 Å². The Balaban J connectivity index is 1.41. The lowest BCUT2D eigenvalue weighted by atomic mass is 10.1. The van der Waals surface area contributed by atoms with E-state index in [4.69, 9.17) is 4.52 Å². The molecule has 2 aromatic heterocycles. The van der Waals surface area contributed by atoms with Crippen molar-refractivity contribution >= 4 is 11.0 Å². The molecular formula is C20H20N4O. The summed E-state index contributed by atoms with van der Waals surface area (Å²) in [6.07, 6.45) is 2.61. The van der Waals surface area contributed by atoms with Crippen LogP contribution in [0.1, 0.15) is 23.7 Å². The summed E-state index contributed by atoms with van der Waals surface area (Å²) in [6.45, 7) is 3.64. The molecule has 0 saturated heterocycles. The van der Waals surface area contributed by atoms with Gasteiger partial charge < -0.3 is 14.8 Å². The van der Waals surface area contributed by atoms with Gasteiger partial charge in [-0.3, -0.25) is 0 Å². The molecule has 0 atom stereocenters. The minimum absolute atomic E-state index is 0.762. The Morgan fingerprint density at radius 3 is 2.68 bits per heavy atom. The molecule has 4 aromatic rings. The van der Waals surface area contributed by atoms with E-state index in [2.05, 4.69) is 51.6 Å². The third-order valence-corrected chi connectivity index (χ3v) is 4.32. The Bertz CT molecular complexity index is 936. The van der Waals surface area contributed by atoms with E-state index in [0.717, 1.165) is 53.2 Å². The molecular weight excluding hydrogens is 312 g/mol. The number of fused-ring (bicyclic) bond motifs is 1. The van der Waals surface area contributed by atoms with Gasteiger partial charge in [0.1, 0.15) is 12.1 Å². The van der Waals surface area contributed by atoms with E-state index in [1.807, 2.05) is 24.3 Å². The van der Waals surface area contributed by atoms with Gasteiger partial charge in [0.15, 0.2) is 0 Å². The normalized spacial score (nSPS) is 11.2. The number of para-hydroxylation sites is 2. The van der Waals surface area contributed by atoms with Gasteiger partial charge >= 0.3 is 0 Å². The SMILES string of the molecule is CCc1nocc1CNCc1ccc(-c2nc3ccccc3[nH]2)cc1. The fourth-order valence-electron chi connectivity index (χ4n) is 2.93. The van der Waals surface area contributed by atoms with Crippen LogP contribution < -0.4 is 5.32 Å². The van der Waals surface area contributed by atoms with Crippen molar-refractivity contribution < 1.29 is 4.52 Å². The van der Waals surface area contributed by atoms with Crippen LogP contribution in [0.5, 0.6) is 0 Å². The molecule has 0 bridgehead atoms. The van der Waals surface area contributed by atoms with Gasteiger partial charge in [-0.25, -0.2) is 4.98 Å². The molecule has 5 heteroatoms. The molecule has 0 radical (unpaired) electrons. The monoisotopic (exact) mass is 332 g/mol. The zero-order valence-corrected chi connectivity index (χ0v) is 14.1. The zero-order chi connectivity index (χ0) is 17.1. The molecule has 0 spiro atoms. The van der Waals surface area contributed by atoms with Crippen molar-refractivity contribution in [2.75, 3.05) is 0 Å². The quantitative estimate of drug-likeness (QED) is 0.558. The maximum Gasteiger partial charge on any atom is 0.138 e. The van der Waals surface area contributed by atoms with E-state index < -0.39 is 0 Å². The Morgan fingerprint density at radius 1 is 1.04 bits per heavy atom. The Hall–Kier alpha value is -2.92. The van der Waals surface area contributed by atoms with Gasteiger partial charge in [-0.1, -0.05) is 48.5 Å². The van der Waals surface area contributed by atoms with Gasteiger partial charge in [0.25, 0.3) is 0 Å². The van der Waals surface area contributed by atoms with Crippen LogP contribution in [-0.4, -0.2) is 15.1 Å². The molecule has 2 N–H and O–H groups in total. The van der Waals surface area contributed by atoms with E-state index in [9.17, 15) is 0 Å². The molecule has 0 aliphatic rings. The summed E-state index contributed by atoms with van der Waals surface area (Å²) in [7, 11) is 0. The van der Waals surface area contributed by atoms with E-state index in [0.29, 0.717) is 0 Å². The van der Waals surface area contributed by atoms with E-state index in [1.165, 1.54) is 5.56 Å². The first-order chi connectivity index (χ1) is 12.3. The molecule has 4 rings (SSSR count). The minimum Gasteiger partial charge on any atom is -0.364 e. The molecule has 2 aromatic carbocycles. The van der Waals surface area contributed by atoms with Crippen LogP contribution in [0.25, 0.3) is 22.4 Å². The molecule has 2 heterocycles. The summed E-state index contributed by atoms with van der Waals surface area (Å²) in [5.74, 6) is 0.901. The predicted octanol–water partition coefficient (Wildman–Crippen LogP) is 4.07. The topological polar surface area (TPSA) is 66.7 Å². The second kappa shape index (κ2) is 6.91. The van der Waals surface area contributed by atoms with Gasteiger partial charge in [-0.05, 0) is 24.1 Å². The van der Waals surface area contributed by atoms with E-state index >= 15 is 0 Å². The fourth-order valence-corrected chi connectivity index (χ4v) is 2.93. The van der Waals surface area contributed by atoms with Crippen molar-refractivity contribution in [3.63, 3.8) is 0 Å². The second-order valence-electron chi connectivity index (χ2n) is 6.04. The van der Waals surface area contributed by atoms with Crippen molar-refractivity contribution in [3.8, 4) is 11.4 Å². The number of aromatic amines is 1. The number of rotatable bonds is 6. The van der Waals surface area contributed by atoms with Gasteiger partial charge in [-0.15, -0.1) is 0 Å². The molecule has 0 unspecified atom stereocenters. The van der Waals surface area contributed by atoms with Crippen molar-refractivity contribution in [1.82, 2.24) is 20.4 Å². The number of nitrogens with one attached hydrogen (secondary N) is 2. The molecule has 126 valence electrons. The lowest BCUT2D eigenvalue weighted by Gasteiger charge is -2.05. The predicted molar refractivity (Wildman–Crippen MR) is 98.0 cm³/mol. The number of hydrogen-bond donors (Lipinski definition) is 2. The number of aromatic nitrogens is 3. The summed E-state index contributed by atoms with van der Waals surface area (Å²) >= 11 is 0. The first-order valence-corrected chi connectivity index (χ1v) is 8.50. The maximum absolute atomic E-state index is 5.03. The van der Waals surface area contributed by atoms with Gasteiger partial charge in [0, 0.05) is 24.2 Å².